The Morgan fingerprint density at radius 1 is 1.19 bits per heavy atom. The van der Waals surface area contributed by atoms with Gasteiger partial charge in [0.15, 0.2) is 0 Å². The highest BCUT2D eigenvalue weighted by molar-refractivity contribution is 9.10. The molecule has 112 valence electrons. The molecule has 1 aromatic heterocycles. The van der Waals surface area contributed by atoms with Crippen molar-refractivity contribution in [2.24, 2.45) is 0 Å². The first-order valence-electron chi connectivity index (χ1n) is 6.82. The van der Waals surface area contributed by atoms with Gasteiger partial charge in [0.1, 0.15) is 23.3 Å². The number of aryl methyl sites for hydroxylation is 1. The van der Waals surface area contributed by atoms with E-state index in [1.807, 2.05) is 13.8 Å². The molecule has 0 amide bonds. The molecule has 1 heterocycles. The minimum atomic E-state index is -0.312. The molecular weight excluding hydrogens is 335 g/mol. The van der Waals surface area contributed by atoms with E-state index >= 15 is 0 Å². The number of rotatable bonds is 5. The number of aromatic nitrogens is 2. The van der Waals surface area contributed by atoms with Gasteiger partial charge in [-0.05, 0) is 54.4 Å². The lowest BCUT2D eigenvalue weighted by Crippen LogP contribution is -2.09. The Bertz CT molecular complexity index is 646. The number of benzene rings is 1. The molecular formula is C15H18BrFN4. The Morgan fingerprint density at radius 3 is 2.57 bits per heavy atom. The minimum absolute atomic E-state index is 0.312. The summed E-state index contributed by atoms with van der Waals surface area (Å²) >= 11 is 3.14. The van der Waals surface area contributed by atoms with Crippen LogP contribution in [0.2, 0.25) is 0 Å². The van der Waals surface area contributed by atoms with Gasteiger partial charge in [-0.2, -0.15) is 0 Å². The van der Waals surface area contributed by atoms with Crippen molar-refractivity contribution in [3.8, 4) is 0 Å². The fourth-order valence-electron chi connectivity index (χ4n) is 1.88. The van der Waals surface area contributed by atoms with E-state index in [0.29, 0.717) is 21.8 Å². The number of halogens is 2. The molecule has 0 atom stereocenters. The summed E-state index contributed by atoms with van der Waals surface area (Å²) in [5.41, 5.74) is 1.57. The average molecular weight is 353 g/mol. The normalized spacial score (nSPS) is 10.5. The maximum atomic E-state index is 13.6. The zero-order valence-corrected chi connectivity index (χ0v) is 13.9. The predicted octanol–water partition coefficient (Wildman–Crippen LogP) is 4.56. The second-order valence-corrected chi connectivity index (χ2v) is 5.63. The maximum Gasteiger partial charge on any atom is 0.139 e. The minimum Gasteiger partial charge on any atom is -0.370 e. The third-order valence-electron chi connectivity index (χ3n) is 2.98. The van der Waals surface area contributed by atoms with E-state index in [9.17, 15) is 4.39 Å². The third kappa shape index (κ3) is 3.91. The van der Waals surface area contributed by atoms with Crippen LogP contribution in [0.5, 0.6) is 0 Å². The zero-order valence-electron chi connectivity index (χ0n) is 12.3. The number of hydrogen-bond acceptors (Lipinski definition) is 4. The first-order chi connectivity index (χ1) is 10.0. The number of anilines is 3. The maximum absolute atomic E-state index is 13.6. The Morgan fingerprint density at radius 2 is 1.90 bits per heavy atom. The van der Waals surface area contributed by atoms with E-state index in [1.54, 1.807) is 12.1 Å². The van der Waals surface area contributed by atoms with Crippen LogP contribution in [-0.4, -0.2) is 16.5 Å². The van der Waals surface area contributed by atoms with Crippen LogP contribution in [0.3, 0.4) is 0 Å². The van der Waals surface area contributed by atoms with Crippen molar-refractivity contribution >= 4 is 33.3 Å². The Balaban J connectivity index is 2.30. The van der Waals surface area contributed by atoms with Crippen LogP contribution in [-0.2, 0) is 0 Å². The molecule has 21 heavy (non-hydrogen) atoms. The Labute approximate surface area is 132 Å². The molecule has 0 fully saturated rings. The van der Waals surface area contributed by atoms with E-state index in [2.05, 4.69) is 43.5 Å². The van der Waals surface area contributed by atoms with Crippen LogP contribution < -0.4 is 10.6 Å². The lowest BCUT2D eigenvalue weighted by atomic mass is 10.2. The molecule has 2 rings (SSSR count). The summed E-state index contributed by atoms with van der Waals surface area (Å²) in [4.78, 5) is 8.79. The molecule has 0 radical (unpaired) electrons. The summed E-state index contributed by atoms with van der Waals surface area (Å²) in [7, 11) is 0. The highest BCUT2D eigenvalue weighted by Crippen LogP contribution is 2.26. The molecule has 6 heteroatoms. The smallest absolute Gasteiger partial charge is 0.139 e. The molecule has 0 saturated heterocycles. The lowest BCUT2D eigenvalue weighted by Gasteiger charge is -2.14. The van der Waals surface area contributed by atoms with Crippen molar-refractivity contribution in [3.63, 3.8) is 0 Å². The van der Waals surface area contributed by atoms with Gasteiger partial charge in [-0.1, -0.05) is 6.92 Å². The average Bonchev–Trinajstić information content (AvgIpc) is 2.45. The molecule has 0 aliphatic heterocycles. The van der Waals surface area contributed by atoms with E-state index in [4.69, 9.17) is 0 Å². The summed E-state index contributed by atoms with van der Waals surface area (Å²) in [5, 5.41) is 6.42. The van der Waals surface area contributed by atoms with Gasteiger partial charge in [0.2, 0.25) is 0 Å². The molecule has 1 aromatic carbocycles. The van der Waals surface area contributed by atoms with Gasteiger partial charge in [0.25, 0.3) is 0 Å². The lowest BCUT2D eigenvalue weighted by molar-refractivity contribution is 0.622. The Kier molecular flexibility index (Phi) is 5.12. The van der Waals surface area contributed by atoms with E-state index < -0.39 is 0 Å². The molecule has 0 saturated carbocycles. The molecule has 2 aromatic rings. The first kappa shape index (κ1) is 15.7. The van der Waals surface area contributed by atoms with Gasteiger partial charge in [0, 0.05) is 17.8 Å². The largest absolute Gasteiger partial charge is 0.370 e. The van der Waals surface area contributed by atoms with E-state index in [1.165, 1.54) is 6.07 Å². The fourth-order valence-corrected chi connectivity index (χ4v) is 2.12. The van der Waals surface area contributed by atoms with E-state index in [-0.39, 0.29) is 5.82 Å². The van der Waals surface area contributed by atoms with Crippen molar-refractivity contribution in [3.05, 3.63) is 39.9 Å². The number of hydrogen-bond donors (Lipinski definition) is 2. The molecule has 0 unspecified atom stereocenters. The van der Waals surface area contributed by atoms with Crippen LogP contribution in [0, 0.1) is 19.7 Å². The zero-order chi connectivity index (χ0) is 15.4. The second kappa shape index (κ2) is 6.85. The highest BCUT2D eigenvalue weighted by Gasteiger charge is 2.10. The number of nitrogens with one attached hydrogen (secondary N) is 2. The van der Waals surface area contributed by atoms with Crippen LogP contribution >= 0.6 is 15.9 Å². The van der Waals surface area contributed by atoms with Crippen molar-refractivity contribution in [1.82, 2.24) is 9.97 Å². The Hall–Kier alpha value is -1.69. The topological polar surface area (TPSA) is 49.8 Å². The third-order valence-corrected chi connectivity index (χ3v) is 3.63. The van der Waals surface area contributed by atoms with Crippen LogP contribution in [0.1, 0.15) is 24.7 Å². The summed E-state index contributed by atoms with van der Waals surface area (Å²) < 4.78 is 14.0. The fraction of sp³-hybridized carbons (Fsp3) is 0.333. The van der Waals surface area contributed by atoms with Crippen molar-refractivity contribution in [2.75, 3.05) is 17.2 Å². The molecule has 0 spiro atoms. The summed E-state index contributed by atoms with van der Waals surface area (Å²) in [6.07, 6.45) is 1.02. The standard InChI is InChI=1S/C15H18BrFN4/c1-4-7-18-14-9(2)15(20-10(3)19-14)21-11-5-6-12(16)13(17)8-11/h5-6,8H,4,7H2,1-3H3,(H2,18,19,20,21). The van der Waals surface area contributed by atoms with Gasteiger partial charge in [0.05, 0.1) is 4.47 Å². The summed E-state index contributed by atoms with van der Waals surface area (Å²) in [5.74, 6) is 1.85. The van der Waals surface area contributed by atoms with Crippen LogP contribution in [0.4, 0.5) is 21.7 Å². The van der Waals surface area contributed by atoms with Gasteiger partial charge in [-0.15, -0.1) is 0 Å². The molecule has 0 aliphatic carbocycles. The highest BCUT2D eigenvalue weighted by atomic mass is 79.9. The molecule has 2 N–H and O–H groups in total. The van der Waals surface area contributed by atoms with Crippen molar-refractivity contribution in [2.45, 2.75) is 27.2 Å². The summed E-state index contributed by atoms with van der Waals surface area (Å²) in [6, 6.07) is 4.89. The van der Waals surface area contributed by atoms with Crippen molar-refractivity contribution in [1.29, 1.82) is 0 Å². The monoisotopic (exact) mass is 352 g/mol. The SMILES string of the molecule is CCCNc1nc(C)nc(Nc2ccc(Br)c(F)c2)c1C. The van der Waals surface area contributed by atoms with Gasteiger partial charge >= 0.3 is 0 Å². The van der Waals surface area contributed by atoms with Gasteiger partial charge in [-0.25, -0.2) is 14.4 Å². The van der Waals surface area contributed by atoms with Crippen LogP contribution in [0.25, 0.3) is 0 Å². The van der Waals surface area contributed by atoms with E-state index in [0.717, 1.165) is 24.3 Å². The van der Waals surface area contributed by atoms with Crippen molar-refractivity contribution < 1.29 is 4.39 Å². The van der Waals surface area contributed by atoms with Crippen LogP contribution in [0.15, 0.2) is 22.7 Å². The van der Waals surface area contributed by atoms with Gasteiger partial charge < -0.3 is 10.6 Å². The predicted molar refractivity (Wildman–Crippen MR) is 87.7 cm³/mol. The molecule has 0 bridgehead atoms. The first-order valence-corrected chi connectivity index (χ1v) is 7.61. The quantitative estimate of drug-likeness (QED) is 0.827. The molecule has 0 aliphatic rings. The molecule has 4 nitrogen and oxygen atoms in total. The second-order valence-electron chi connectivity index (χ2n) is 4.77. The summed E-state index contributed by atoms with van der Waals surface area (Å²) in [6.45, 7) is 6.72. The van der Waals surface area contributed by atoms with Gasteiger partial charge in [-0.3, -0.25) is 0 Å². The number of nitrogens with zero attached hydrogens (tertiary/aromatic N) is 2.